The molecule has 0 radical (unpaired) electrons. The van der Waals surface area contributed by atoms with Gasteiger partial charge in [0, 0.05) is 12.6 Å². The molecule has 1 atom stereocenters. The van der Waals surface area contributed by atoms with Crippen LogP contribution in [0, 0.1) is 6.92 Å². The summed E-state index contributed by atoms with van der Waals surface area (Å²) in [6.07, 6.45) is 6.27. The Hall–Kier alpha value is -3.07. The predicted octanol–water partition coefficient (Wildman–Crippen LogP) is 4.03. The lowest BCUT2D eigenvalue weighted by Crippen LogP contribution is -2.53. The smallest absolute Gasteiger partial charge is 0.244 e. The topological polar surface area (TPSA) is 96.0 Å². The van der Waals surface area contributed by atoms with Crippen molar-refractivity contribution in [3.8, 4) is 5.75 Å². The normalized spacial score (nSPS) is 15.0. The molecule has 1 aliphatic carbocycles. The van der Waals surface area contributed by atoms with Crippen molar-refractivity contribution in [3.63, 3.8) is 0 Å². The zero-order valence-electron chi connectivity index (χ0n) is 22.3. The van der Waals surface area contributed by atoms with E-state index in [0.717, 1.165) is 47.4 Å². The first kappa shape index (κ1) is 28.5. The molecular formula is C28H39N3O5S. The van der Waals surface area contributed by atoms with E-state index in [1.54, 1.807) is 31.2 Å². The van der Waals surface area contributed by atoms with Crippen molar-refractivity contribution in [3.05, 3.63) is 59.7 Å². The maximum atomic E-state index is 13.7. The minimum atomic E-state index is -3.78. The minimum Gasteiger partial charge on any atom is -0.494 e. The van der Waals surface area contributed by atoms with Crippen molar-refractivity contribution in [2.24, 2.45) is 0 Å². The van der Waals surface area contributed by atoms with Crippen molar-refractivity contribution in [1.82, 2.24) is 10.2 Å². The Labute approximate surface area is 221 Å². The van der Waals surface area contributed by atoms with Gasteiger partial charge in [-0.2, -0.15) is 0 Å². The molecule has 3 rings (SSSR count). The number of anilines is 1. The number of rotatable bonds is 11. The number of nitrogens with one attached hydrogen (secondary N) is 1. The lowest BCUT2D eigenvalue weighted by molar-refractivity contribution is -0.139. The van der Waals surface area contributed by atoms with Crippen LogP contribution in [0.25, 0.3) is 0 Å². The molecule has 0 aliphatic heterocycles. The fourth-order valence-electron chi connectivity index (χ4n) is 4.61. The molecule has 202 valence electrons. The van der Waals surface area contributed by atoms with Gasteiger partial charge in [-0.25, -0.2) is 8.42 Å². The van der Waals surface area contributed by atoms with Crippen molar-refractivity contribution < 1.29 is 22.7 Å². The number of hydrogen-bond donors (Lipinski definition) is 1. The third-order valence-electron chi connectivity index (χ3n) is 6.84. The number of sulfonamides is 1. The zero-order valence-corrected chi connectivity index (χ0v) is 23.1. The number of hydrogen-bond acceptors (Lipinski definition) is 5. The van der Waals surface area contributed by atoms with Crippen LogP contribution < -0.4 is 14.4 Å². The summed E-state index contributed by atoms with van der Waals surface area (Å²) in [5.41, 5.74) is 2.25. The van der Waals surface area contributed by atoms with E-state index >= 15 is 0 Å². The average molecular weight is 530 g/mol. The second-order valence-corrected chi connectivity index (χ2v) is 11.6. The molecule has 2 aromatic rings. The number of carbonyl (C=O) groups is 2. The van der Waals surface area contributed by atoms with E-state index in [4.69, 9.17) is 4.74 Å². The molecule has 0 heterocycles. The largest absolute Gasteiger partial charge is 0.494 e. The summed E-state index contributed by atoms with van der Waals surface area (Å²) in [5, 5.41) is 3.11. The quantitative estimate of drug-likeness (QED) is 0.474. The molecule has 9 heteroatoms. The van der Waals surface area contributed by atoms with Crippen LogP contribution in [0.3, 0.4) is 0 Å². The number of amides is 2. The van der Waals surface area contributed by atoms with Gasteiger partial charge in [-0.15, -0.1) is 0 Å². The molecule has 37 heavy (non-hydrogen) atoms. The van der Waals surface area contributed by atoms with Gasteiger partial charge in [-0.1, -0.05) is 43.5 Å². The highest BCUT2D eigenvalue weighted by Gasteiger charge is 2.31. The number of carbonyl (C=O) groups excluding carboxylic acids is 2. The molecule has 0 bridgehead atoms. The van der Waals surface area contributed by atoms with Crippen molar-refractivity contribution in [2.45, 2.75) is 71.5 Å². The first-order chi connectivity index (χ1) is 17.6. The van der Waals surface area contributed by atoms with Crippen LogP contribution in [0.1, 0.15) is 57.1 Å². The summed E-state index contributed by atoms with van der Waals surface area (Å²) in [4.78, 5) is 28.4. The molecule has 1 aliphatic rings. The average Bonchev–Trinajstić information content (AvgIpc) is 2.87. The van der Waals surface area contributed by atoms with E-state index in [1.165, 1.54) is 11.3 Å². The molecule has 1 N–H and O–H groups in total. The molecule has 1 fully saturated rings. The van der Waals surface area contributed by atoms with Gasteiger partial charge in [-0.3, -0.25) is 13.9 Å². The van der Waals surface area contributed by atoms with E-state index in [0.29, 0.717) is 18.0 Å². The second kappa shape index (κ2) is 12.9. The molecule has 0 saturated heterocycles. The van der Waals surface area contributed by atoms with Crippen LogP contribution in [0.4, 0.5) is 5.69 Å². The van der Waals surface area contributed by atoms with Crippen molar-refractivity contribution in [1.29, 1.82) is 0 Å². The summed E-state index contributed by atoms with van der Waals surface area (Å²) in [6, 6.07) is 13.6. The molecule has 1 saturated carbocycles. The van der Waals surface area contributed by atoms with E-state index in [-0.39, 0.29) is 18.5 Å². The number of benzene rings is 2. The number of ether oxygens (including phenoxy) is 1. The Kier molecular flexibility index (Phi) is 9.97. The third kappa shape index (κ3) is 7.95. The Balaban J connectivity index is 1.86. The lowest BCUT2D eigenvalue weighted by Gasteiger charge is -2.33. The molecule has 2 aromatic carbocycles. The molecular weight excluding hydrogens is 490 g/mol. The van der Waals surface area contributed by atoms with Crippen LogP contribution in [0.5, 0.6) is 5.75 Å². The molecule has 0 spiro atoms. The van der Waals surface area contributed by atoms with E-state index in [1.807, 2.05) is 38.1 Å². The summed E-state index contributed by atoms with van der Waals surface area (Å²) >= 11 is 0. The summed E-state index contributed by atoms with van der Waals surface area (Å²) in [5.74, 6) is -0.0603. The summed E-state index contributed by atoms with van der Waals surface area (Å²) in [7, 11) is -3.78. The maximum absolute atomic E-state index is 13.7. The van der Waals surface area contributed by atoms with E-state index in [9.17, 15) is 18.0 Å². The Bertz CT molecular complexity index is 1160. The molecule has 2 amide bonds. The first-order valence-electron chi connectivity index (χ1n) is 12.9. The number of aryl methyl sites for hydroxylation is 1. The zero-order chi connectivity index (χ0) is 27.0. The fourth-order valence-corrected chi connectivity index (χ4v) is 5.46. The van der Waals surface area contributed by atoms with Crippen LogP contribution in [-0.2, 0) is 26.2 Å². The highest BCUT2D eigenvalue weighted by molar-refractivity contribution is 7.92. The Morgan fingerprint density at radius 2 is 1.70 bits per heavy atom. The highest BCUT2D eigenvalue weighted by Crippen LogP contribution is 2.23. The monoisotopic (exact) mass is 529 g/mol. The standard InChI is InChI=1S/C28H39N3O5S/c1-5-36-26-17-15-25(16-18-26)31(37(4,34)35)20-27(32)30(19-23-12-10-9-11-21(23)2)22(3)28(33)29-24-13-7-6-8-14-24/h9-12,15-18,22,24H,5-8,13-14,19-20H2,1-4H3,(H,29,33). The Morgan fingerprint density at radius 3 is 2.30 bits per heavy atom. The van der Waals surface area contributed by atoms with E-state index in [2.05, 4.69) is 5.32 Å². The molecule has 1 unspecified atom stereocenters. The SMILES string of the molecule is CCOc1ccc(N(CC(=O)N(Cc2ccccc2C)C(C)C(=O)NC2CCCCC2)S(C)(=O)=O)cc1. The summed E-state index contributed by atoms with van der Waals surface area (Å²) in [6.45, 7) is 5.79. The van der Waals surface area contributed by atoms with Gasteiger partial charge in [0.1, 0.15) is 18.3 Å². The first-order valence-corrected chi connectivity index (χ1v) is 14.8. The van der Waals surface area contributed by atoms with Gasteiger partial charge >= 0.3 is 0 Å². The van der Waals surface area contributed by atoms with Crippen molar-refractivity contribution >= 4 is 27.5 Å². The van der Waals surface area contributed by atoms with Gasteiger partial charge in [0.05, 0.1) is 18.6 Å². The molecule has 8 nitrogen and oxygen atoms in total. The maximum Gasteiger partial charge on any atom is 0.244 e. The minimum absolute atomic E-state index is 0.107. The van der Waals surface area contributed by atoms with Gasteiger partial charge in [0.25, 0.3) is 0 Å². The predicted molar refractivity (Wildman–Crippen MR) is 146 cm³/mol. The van der Waals surface area contributed by atoms with Crippen LogP contribution in [0.2, 0.25) is 0 Å². The fraction of sp³-hybridized carbons (Fsp3) is 0.500. The number of nitrogens with zero attached hydrogens (tertiary/aromatic N) is 2. The lowest BCUT2D eigenvalue weighted by atomic mass is 9.95. The second-order valence-electron chi connectivity index (χ2n) is 9.66. The van der Waals surface area contributed by atoms with Gasteiger partial charge in [0.15, 0.2) is 0 Å². The van der Waals surface area contributed by atoms with Crippen LogP contribution >= 0.6 is 0 Å². The van der Waals surface area contributed by atoms with Crippen molar-refractivity contribution in [2.75, 3.05) is 23.7 Å². The van der Waals surface area contributed by atoms with E-state index < -0.39 is 28.5 Å². The van der Waals surface area contributed by atoms with Gasteiger partial charge in [-0.05, 0) is 69.0 Å². The van der Waals surface area contributed by atoms with Crippen LogP contribution in [0.15, 0.2) is 48.5 Å². The highest BCUT2D eigenvalue weighted by atomic mass is 32.2. The Morgan fingerprint density at radius 1 is 1.05 bits per heavy atom. The van der Waals surface area contributed by atoms with Gasteiger partial charge in [0.2, 0.25) is 21.8 Å². The van der Waals surface area contributed by atoms with Crippen LogP contribution in [-0.4, -0.2) is 56.6 Å². The summed E-state index contributed by atoms with van der Waals surface area (Å²) < 4.78 is 32.0. The van der Waals surface area contributed by atoms with Gasteiger partial charge < -0.3 is 15.0 Å². The molecule has 0 aromatic heterocycles. The third-order valence-corrected chi connectivity index (χ3v) is 7.98.